The molecule has 380 valence electrons. The van der Waals surface area contributed by atoms with Crippen LogP contribution >= 0.6 is 0 Å². The summed E-state index contributed by atoms with van der Waals surface area (Å²) in [7, 11) is 0. The molecule has 0 N–H and O–H groups in total. The van der Waals surface area contributed by atoms with E-state index in [1.54, 1.807) is 0 Å². The molecule has 0 bridgehead atoms. The van der Waals surface area contributed by atoms with E-state index < -0.39 is 26.5 Å². The van der Waals surface area contributed by atoms with Crippen LogP contribution in [0.2, 0.25) is 34.5 Å². The Balaban J connectivity index is 1.05. The van der Waals surface area contributed by atoms with Crippen molar-refractivity contribution < 1.29 is 0 Å². The second kappa shape index (κ2) is 21.3. The van der Waals surface area contributed by atoms with Gasteiger partial charge in [-0.15, -0.1) is 0 Å². The summed E-state index contributed by atoms with van der Waals surface area (Å²) in [6.45, 7) is 0. The Hall–Kier alpha value is -8.29. The minimum absolute atomic E-state index is 1.09. The molecule has 4 nitrogen and oxygen atoms in total. The molecule has 0 saturated carbocycles. The van der Waals surface area contributed by atoms with Gasteiger partial charge < -0.3 is 0 Å². The number of nitrogens with zero attached hydrogens (tertiary/aromatic N) is 4. The average Bonchev–Trinajstić information content (AvgIpc) is 3.61. The fourth-order valence-corrected chi connectivity index (χ4v) is 16.0. The third kappa shape index (κ3) is 9.98. The van der Waals surface area contributed by atoms with Crippen LogP contribution < -0.4 is 28.4 Å². The van der Waals surface area contributed by atoms with Gasteiger partial charge in [0.05, 0.1) is 0 Å². The molecule has 78 heavy (non-hydrogen) atoms. The maximum atomic E-state index is 2.48. The quantitative estimate of drug-likeness (QED) is 0.0795. The second-order valence-electron chi connectivity index (χ2n) is 22.3. The SMILES string of the molecule is [CH3][Ge]([CH3])([CH3])[c]1ccc(N(c2ccc(N(c3ccccc3)c3ccccc3)cc2)c2cc3c4ccccc4c(N(c4ccc(N(c5ccccc5)c5ccccc5)cc4)c4cc[c]([Ge]([CH3])([CH3])[CH3])cc4)cc3c3ccccc23)cc1. The predicted molar refractivity (Wildman–Crippen MR) is 344 cm³/mol. The zero-order valence-electron chi connectivity index (χ0n) is 45.3. The Labute approximate surface area is 465 Å². The molecule has 0 atom stereocenters. The number of fused-ring (bicyclic) bond motifs is 5. The van der Waals surface area contributed by atoms with Gasteiger partial charge in [-0.3, -0.25) is 0 Å². The van der Waals surface area contributed by atoms with E-state index in [-0.39, 0.29) is 0 Å². The number of hydrogen-bond acceptors (Lipinski definition) is 4. The van der Waals surface area contributed by atoms with E-state index in [0.29, 0.717) is 0 Å². The number of anilines is 12. The van der Waals surface area contributed by atoms with Crippen molar-refractivity contribution in [1.82, 2.24) is 0 Å². The summed E-state index contributed by atoms with van der Waals surface area (Å²) in [4.78, 5) is 9.62. The van der Waals surface area contributed by atoms with Crippen LogP contribution in [0.5, 0.6) is 0 Å². The van der Waals surface area contributed by atoms with Crippen LogP contribution in [0.1, 0.15) is 0 Å². The normalized spacial score (nSPS) is 11.7. The molecule has 12 rings (SSSR count). The van der Waals surface area contributed by atoms with E-state index in [4.69, 9.17) is 0 Å². The molecular formula is C72H64Ge2N4. The van der Waals surface area contributed by atoms with Crippen LogP contribution in [-0.2, 0) is 0 Å². The molecule has 0 aromatic heterocycles. The minimum atomic E-state index is -2.14. The summed E-state index contributed by atoms with van der Waals surface area (Å²) < 4.78 is 2.97. The van der Waals surface area contributed by atoms with Crippen LogP contribution in [0, 0.1) is 0 Å². The van der Waals surface area contributed by atoms with Crippen LogP contribution in [0.25, 0.3) is 32.3 Å². The van der Waals surface area contributed by atoms with E-state index in [0.717, 1.165) is 68.2 Å². The fraction of sp³-hybridized carbons (Fsp3) is 0.0833. The van der Waals surface area contributed by atoms with Crippen molar-refractivity contribution >= 4 is 136 Å². The summed E-state index contributed by atoms with van der Waals surface area (Å²) in [6, 6.07) is 103. The monoisotopic (exact) mass is 1130 g/mol. The molecular weight excluding hydrogens is 1070 g/mol. The van der Waals surface area contributed by atoms with Gasteiger partial charge >= 0.3 is 396 Å². The van der Waals surface area contributed by atoms with E-state index in [9.17, 15) is 0 Å². The summed E-state index contributed by atoms with van der Waals surface area (Å²) in [5.41, 5.74) is 13.3. The molecule has 6 heteroatoms. The zero-order valence-corrected chi connectivity index (χ0v) is 49.5. The topological polar surface area (TPSA) is 13.0 Å². The van der Waals surface area contributed by atoms with Gasteiger partial charge in [-0.05, 0) is 0 Å². The van der Waals surface area contributed by atoms with Crippen LogP contribution in [0.3, 0.4) is 0 Å². The summed E-state index contributed by atoms with van der Waals surface area (Å²) in [5.74, 6) is 14.8. The van der Waals surface area contributed by atoms with Crippen molar-refractivity contribution in [3.05, 3.63) is 279 Å². The van der Waals surface area contributed by atoms with Crippen molar-refractivity contribution in [2.45, 2.75) is 34.5 Å². The summed E-state index contributed by atoms with van der Waals surface area (Å²) in [5, 5.41) is 7.18. The Kier molecular flexibility index (Phi) is 13.8. The Morgan fingerprint density at radius 1 is 0.192 bits per heavy atom. The van der Waals surface area contributed by atoms with Crippen molar-refractivity contribution in [2.75, 3.05) is 19.6 Å². The van der Waals surface area contributed by atoms with Crippen LogP contribution in [0.15, 0.2) is 279 Å². The van der Waals surface area contributed by atoms with E-state index >= 15 is 0 Å². The molecule has 0 fully saturated rings. The molecule has 0 saturated heterocycles. The molecule has 0 aliphatic carbocycles. The van der Waals surface area contributed by atoms with Crippen molar-refractivity contribution in [3.8, 4) is 0 Å². The molecule has 0 unspecified atom stereocenters. The van der Waals surface area contributed by atoms with Crippen molar-refractivity contribution in [3.63, 3.8) is 0 Å². The molecule has 12 aromatic rings. The van der Waals surface area contributed by atoms with Gasteiger partial charge in [-0.2, -0.15) is 0 Å². The molecule has 0 aliphatic rings. The van der Waals surface area contributed by atoms with Crippen LogP contribution in [-0.4, -0.2) is 26.5 Å². The third-order valence-corrected chi connectivity index (χ3v) is 23.8. The first-order valence-corrected chi connectivity index (χ1v) is 41.9. The summed E-state index contributed by atoms with van der Waals surface area (Å²) in [6.07, 6.45) is 0. The molecule has 0 amide bonds. The Bertz CT molecular complexity index is 3660. The number of benzene rings is 12. The number of rotatable bonds is 14. The fourth-order valence-electron chi connectivity index (χ4n) is 11.1. The molecule has 0 heterocycles. The van der Waals surface area contributed by atoms with E-state index in [1.807, 2.05) is 0 Å². The van der Waals surface area contributed by atoms with Crippen molar-refractivity contribution in [1.29, 1.82) is 0 Å². The zero-order chi connectivity index (χ0) is 53.4. The van der Waals surface area contributed by atoms with Gasteiger partial charge in [-0.25, -0.2) is 0 Å². The summed E-state index contributed by atoms with van der Waals surface area (Å²) >= 11 is -4.28. The predicted octanol–water partition coefficient (Wildman–Crippen LogP) is 20.1. The van der Waals surface area contributed by atoms with Gasteiger partial charge in [0, 0.05) is 0 Å². The number of hydrogen-bond donors (Lipinski definition) is 0. The van der Waals surface area contributed by atoms with E-state index in [1.165, 1.54) is 41.1 Å². The van der Waals surface area contributed by atoms with Crippen LogP contribution in [0.4, 0.5) is 68.2 Å². The van der Waals surface area contributed by atoms with Gasteiger partial charge in [-0.1, -0.05) is 72.8 Å². The second-order valence-corrected chi connectivity index (χ2v) is 43.6. The average molecular weight is 1130 g/mol. The van der Waals surface area contributed by atoms with Gasteiger partial charge in [0.15, 0.2) is 0 Å². The van der Waals surface area contributed by atoms with Gasteiger partial charge in [0.1, 0.15) is 0 Å². The molecule has 0 spiro atoms. The third-order valence-electron chi connectivity index (χ3n) is 15.1. The first-order chi connectivity index (χ1) is 38.0. The van der Waals surface area contributed by atoms with E-state index in [2.05, 4.69) is 333 Å². The Morgan fingerprint density at radius 2 is 0.397 bits per heavy atom. The Morgan fingerprint density at radius 3 is 0.654 bits per heavy atom. The van der Waals surface area contributed by atoms with Gasteiger partial charge in [0.25, 0.3) is 0 Å². The molecule has 12 aromatic carbocycles. The van der Waals surface area contributed by atoms with Crippen molar-refractivity contribution in [2.24, 2.45) is 0 Å². The standard InChI is InChI=1S/C72H64Ge2N4/c1-73(2,3)53-35-39-61(40-36-53)77(63-47-43-59(44-48-63)75(55-23-11-7-12-24-55)56-25-13-8-14-26-56)71-51-69-66-32-20-22-34-68(66)72(52-70(69)65-31-19-21-33-67(65)71)78(62-41-37-54(38-42-62)74(4,5)6)64-49-45-60(46-50-64)76(57-27-15-9-16-28-57)58-29-17-10-18-30-58/h7-52H,1-6H3. The maximum absolute atomic E-state index is 2.48. The number of para-hydroxylation sites is 4. The first kappa shape index (κ1) is 50.5. The first-order valence-electron chi connectivity index (χ1n) is 27.2. The van der Waals surface area contributed by atoms with Gasteiger partial charge in [0.2, 0.25) is 0 Å². The molecule has 0 aliphatic heterocycles. The molecule has 0 radical (unpaired) electrons.